The Morgan fingerprint density at radius 2 is 1.84 bits per heavy atom. The quantitative estimate of drug-likeness (QED) is 0.928. The molecule has 0 amide bonds. The van der Waals surface area contributed by atoms with Gasteiger partial charge >= 0.3 is 5.97 Å². The second-order valence-corrected chi connectivity index (χ2v) is 5.58. The standard InChI is InChI=1S/C13H14Cl2N2O2/c1-6(2)12-16-10-4-8(14)9(15)5-11(10)17(12)7(3)13(18)19/h4-7H,1-3H3,(H,18,19). The number of carboxylic acid groups (broad SMARTS) is 1. The van der Waals surface area contributed by atoms with Crippen LogP contribution in [-0.4, -0.2) is 20.6 Å². The van der Waals surface area contributed by atoms with Gasteiger partial charge in [0.15, 0.2) is 0 Å². The number of hydrogen-bond donors (Lipinski definition) is 1. The molecule has 1 aromatic heterocycles. The van der Waals surface area contributed by atoms with E-state index in [9.17, 15) is 9.90 Å². The SMILES string of the molecule is CC(C)c1nc2cc(Cl)c(Cl)cc2n1C(C)C(=O)O. The first kappa shape index (κ1) is 14.2. The van der Waals surface area contributed by atoms with Crippen molar-refractivity contribution in [3.8, 4) is 0 Å². The molecule has 0 spiro atoms. The van der Waals surface area contributed by atoms with Gasteiger partial charge < -0.3 is 9.67 Å². The van der Waals surface area contributed by atoms with Crippen molar-refractivity contribution in [2.24, 2.45) is 0 Å². The third-order valence-electron chi connectivity index (χ3n) is 3.02. The van der Waals surface area contributed by atoms with Crippen LogP contribution in [0.2, 0.25) is 10.0 Å². The minimum atomic E-state index is -0.910. The molecule has 2 aromatic rings. The molecule has 6 heteroatoms. The van der Waals surface area contributed by atoms with E-state index in [2.05, 4.69) is 4.98 Å². The fourth-order valence-electron chi connectivity index (χ4n) is 2.03. The Hall–Kier alpha value is -1.26. The first-order valence-electron chi connectivity index (χ1n) is 5.92. The Bertz CT molecular complexity index is 650. The van der Waals surface area contributed by atoms with Crippen LogP contribution < -0.4 is 0 Å². The van der Waals surface area contributed by atoms with E-state index in [1.54, 1.807) is 23.6 Å². The molecule has 0 aliphatic heterocycles. The van der Waals surface area contributed by atoms with E-state index in [0.29, 0.717) is 26.9 Å². The van der Waals surface area contributed by atoms with Gasteiger partial charge in [0.05, 0.1) is 21.1 Å². The van der Waals surface area contributed by atoms with Gasteiger partial charge in [-0.05, 0) is 19.1 Å². The maximum Gasteiger partial charge on any atom is 0.326 e. The van der Waals surface area contributed by atoms with Gasteiger partial charge in [-0.15, -0.1) is 0 Å². The fourth-order valence-corrected chi connectivity index (χ4v) is 2.35. The smallest absolute Gasteiger partial charge is 0.326 e. The van der Waals surface area contributed by atoms with E-state index in [1.165, 1.54) is 0 Å². The van der Waals surface area contributed by atoms with E-state index >= 15 is 0 Å². The third kappa shape index (κ3) is 2.42. The van der Waals surface area contributed by atoms with Crippen molar-refractivity contribution in [2.45, 2.75) is 32.7 Å². The molecule has 1 atom stereocenters. The molecule has 102 valence electrons. The zero-order valence-electron chi connectivity index (χ0n) is 10.8. The lowest BCUT2D eigenvalue weighted by Gasteiger charge is -2.15. The van der Waals surface area contributed by atoms with E-state index < -0.39 is 12.0 Å². The molecule has 0 saturated carbocycles. The van der Waals surface area contributed by atoms with E-state index in [1.807, 2.05) is 13.8 Å². The Morgan fingerprint density at radius 1 is 1.26 bits per heavy atom. The molecule has 1 aromatic carbocycles. The Morgan fingerprint density at radius 3 is 2.37 bits per heavy atom. The molecule has 1 heterocycles. The number of aromatic nitrogens is 2. The molecular weight excluding hydrogens is 287 g/mol. The summed E-state index contributed by atoms with van der Waals surface area (Å²) in [6.45, 7) is 5.56. The Kier molecular flexibility index (Phi) is 3.74. The lowest BCUT2D eigenvalue weighted by molar-refractivity contribution is -0.140. The molecule has 1 N–H and O–H groups in total. The van der Waals surface area contributed by atoms with E-state index in [-0.39, 0.29) is 5.92 Å². The average Bonchev–Trinajstić information content (AvgIpc) is 2.67. The van der Waals surface area contributed by atoms with Crippen LogP contribution in [0.25, 0.3) is 11.0 Å². The summed E-state index contributed by atoms with van der Waals surface area (Å²) >= 11 is 12.0. The number of halogens is 2. The van der Waals surface area contributed by atoms with Crippen molar-refractivity contribution >= 4 is 40.2 Å². The predicted molar refractivity (Wildman–Crippen MR) is 76.2 cm³/mol. The van der Waals surface area contributed by atoms with Crippen molar-refractivity contribution in [2.75, 3.05) is 0 Å². The number of benzene rings is 1. The molecule has 1 unspecified atom stereocenters. The molecule has 0 aliphatic rings. The number of imidazole rings is 1. The van der Waals surface area contributed by atoms with Crippen molar-refractivity contribution in [3.63, 3.8) is 0 Å². The molecular formula is C13H14Cl2N2O2. The van der Waals surface area contributed by atoms with Gasteiger partial charge in [-0.1, -0.05) is 37.0 Å². The summed E-state index contributed by atoms with van der Waals surface area (Å²) in [7, 11) is 0. The Balaban J connectivity index is 2.80. The normalized spacial score (nSPS) is 13.2. The van der Waals surface area contributed by atoms with Gasteiger partial charge in [-0.3, -0.25) is 0 Å². The summed E-state index contributed by atoms with van der Waals surface area (Å²) < 4.78 is 1.70. The van der Waals surface area contributed by atoms with Gasteiger partial charge in [-0.25, -0.2) is 9.78 Å². The number of nitrogens with zero attached hydrogens (tertiary/aromatic N) is 2. The molecule has 0 saturated heterocycles. The molecule has 0 aliphatic carbocycles. The van der Waals surface area contributed by atoms with E-state index in [4.69, 9.17) is 23.2 Å². The number of aliphatic carboxylic acids is 1. The molecule has 19 heavy (non-hydrogen) atoms. The highest BCUT2D eigenvalue weighted by Crippen LogP contribution is 2.32. The molecule has 4 nitrogen and oxygen atoms in total. The summed E-state index contributed by atoms with van der Waals surface area (Å²) in [6, 6.07) is 2.62. The van der Waals surface area contributed by atoms with Crippen molar-refractivity contribution in [3.05, 3.63) is 28.0 Å². The maximum atomic E-state index is 11.3. The van der Waals surface area contributed by atoms with Gasteiger partial charge in [0.1, 0.15) is 11.9 Å². The minimum absolute atomic E-state index is 0.103. The van der Waals surface area contributed by atoms with Crippen molar-refractivity contribution in [1.29, 1.82) is 0 Å². The van der Waals surface area contributed by atoms with Crippen LogP contribution in [0.4, 0.5) is 0 Å². The maximum absolute atomic E-state index is 11.3. The largest absolute Gasteiger partial charge is 0.480 e. The highest BCUT2D eigenvalue weighted by molar-refractivity contribution is 6.42. The second kappa shape index (κ2) is 5.02. The van der Waals surface area contributed by atoms with Gasteiger partial charge in [0.2, 0.25) is 0 Å². The van der Waals surface area contributed by atoms with Crippen LogP contribution in [0, 0.1) is 0 Å². The summed E-state index contributed by atoms with van der Waals surface area (Å²) in [6.07, 6.45) is 0. The summed E-state index contributed by atoms with van der Waals surface area (Å²) in [5.41, 5.74) is 1.35. The van der Waals surface area contributed by atoms with Crippen LogP contribution >= 0.6 is 23.2 Å². The zero-order chi connectivity index (χ0) is 14.3. The monoisotopic (exact) mass is 300 g/mol. The Labute approximate surface area is 121 Å². The zero-order valence-corrected chi connectivity index (χ0v) is 12.3. The van der Waals surface area contributed by atoms with Crippen LogP contribution in [0.15, 0.2) is 12.1 Å². The van der Waals surface area contributed by atoms with Gasteiger partial charge in [-0.2, -0.15) is 0 Å². The molecule has 0 radical (unpaired) electrons. The number of rotatable bonds is 3. The highest BCUT2D eigenvalue weighted by atomic mass is 35.5. The highest BCUT2D eigenvalue weighted by Gasteiger charge is 2.23. The molecule has 0 bridgehead atoms. The number of fused-ring (bicyclic) bond motifs is 1. The lowest BCUT2D eigenvalue weighted by atomic mass is 10.2. The van der Waals surface area contributed by atoms with Crippen LogP contribution in [0.3, 0.4) is 0 Å². The van der Waals surface area contributed by atoms with Crippen LogP contribution in [0.5, 0.6) is 0 Å². The summed E-state index contributed by atoms with van der Waals surface area (Å²) in [5.74, 6) is -0.0951. The lowest BCUT2D eigenvalue weighted by Crippen LogP contribution is -2.18. The third-order valence-corrected chi connectivity index (χ3v) is 3.74. The van der Waals surface area contributed by atoms with Gasteiger partial charge in [0.25, 0.3) is 0 Å². The van der Waals surface area contributed by atoms with Crippen molar-refractivity contribution in [1.82, 2.24) is 9.55 Å². The number of carbonyl (C=O) groups is 1. The second-order valence-electron chi connectivity index (χ2n) is 4.76. The number of carboxylic acids is 1. The first-order chi connectivity index (χ1) is 8.82. The average molecular weight is 301 g/mol. The summed E-state index contributed by atoms with van der Waals surface area (Å²) in [4.78, 5) is 15.7. The fraction of sp³-hybridized carbons (Fsp3) is 0.385. The van der Waals surface area contributed by atoms with Crippen LogP contribution in [0.1, 0.15) is 38.6 Å². The predicted octanol–water partition coefficient (Wildman–Crippen LogP) is 4.11. The topological polar surface area (TPSA) is 55.1 Å². The van der Waals surface area contributed by atoms with E-state index in [0.717, 1.165) is 0 Å². The van der Waals surface area contributed by atoms with Crippen molar-refractivity contribution < 1.29 is 9.90 Å². The van der Waals surface area contributed by atoms with Gasteiger partial charge in [0, 0.05) is 5.92 Å². The minimum Gasteiger partial charge on any atom is -0.480 e. The van der Waals surface area contributed by atoms with Crippen LogP contribution in [-0.2, 0) is 4.79 Å². The molecule has 0 fully saturated rings. The number of hydrogen-bond acceptors (Lipinski definition) is 2. The first-order valence-corrected chi connectivity index (χ1v) is 6.68. The summed E-state index contributed by atoms with van der Waals surface area (Å²) in [5, 5.41) is 10.0. The molecule has 2 rings (SSSR count).